The molecule has 0 unspecified atom stereocenters. The molecule has 8 nitrogen and oxygen atoms in total. The number of hydrogen-bond acceptors (Lipinski definition) is 6. The Labute approximate surface area is 195 Å². The molecule has 1 saturated heterocycles. The summed E-state index contributed by atoms with van der Waals surface area (Å²) in [6.45, 7) is 0. The summed E-state index contributed by atoms with van der Waals surface area (Å²) in [5.41, 5.74) is 0.191. The van der Waals surface area contributed by atoms with Crippen LogP contribution in [0.2, 0.25) is 5.02 Å². The van der Waals surface area contributed by atoms with Gasteiger partial charge in [-0.25, -0.2) is 13.3 Å². The normalized spacial score (nSPS) is 13.8. The number of halogens is 1. The van der Waals surface area contributed by atoms with Gasteiger partial charge in [0.25, 0.3) is 10.0 Å². The second-order valence-electron chi connectivity index (χ2n) is 7.12. The Morgan fingerprint density at radius 2 is 1.58 bits per heavy atom. The topological polar surface area (TPSA) is 102 Å². The second-order valence-corrected chi connectivity index (χ2v) is 9.24. The third kappa shape index (κ3) is 4.79. The van der Waals surface area contributed by atoms with Crippen molar-refractivity contribution in [2.24, 2.45) is 0 Å². The molecule has 3 aromatic carbocycles. The van der Waals surface area contributed by atoms with Gasteiger partial charge in [-0.2, -0.15) is 0 Å². The van der Waals surface area contributed by atoms with Crippen molar-refractivity contribution in [3.8, 4) is 17.2 Å². The van der Waals surface area contributed by atoms with Crippen molar-refractivity contribution in [2.45, 2.75) is 17.7 Å². The van der Waals surface area contributed by atoms with Crippen molar-refractivity contribution in [2.75, 3.05) is 16.7 Å². The Bertz CT molecular complexity index is 1310. The number of imide groups is 1. The molecular formula is C23H19ClN2O6S. The minimum absolute atomic E-state index is 0.0555. The van der Waals surface area contributed by atoms with Gasteiger partial charge in [0.15, 0.2) is 5.75 Å². The first kappa shape index (κ1) is 22.6. The van der Waals surface area contributed by atoms with E-state index in [1.165, 1.54) is 31.4 Å². The summed E-state index contributed by atoms with van der Waals surface area (Å²) in [5.74, 6) is 0.114. The number of anilines is 2. The minimum Gasteiger partial charge on any atom is -0.495 e. The lowest BCUT2D eigenvalue weighted by Gasteiger charge is -2.19. The summed E-state index contributed by atoms with van der Waals surface area (Å²) >= 11 is 6.09. The molecule has 10 heteroatoms. The summed E-state index contributed by atoms with van der Waals surface area (Å²) in [6, 6.07) is 17.3. The first-order valence-electron chi connectivity index (χ1n) is 9.87. The van der Waals surface area contributed by atoms with E-state index < -0.39 is 21.8 Å². The fourth-order valence-electron chi connectivity index (χ4n) is 3.35. The van der Waals surface area contributed by atoms with Crippen molar-refractivity contribution in [1.82, 2.24) is 0 Å². The molecule has 1 N–H and O–H groups in total. The first-order valence-corrected chi connectivity index (χ1v) is 11.7. The van der Waals surface area contributed by atoms with Gasteiger partial charge in [-0.3, -0.25) is 14.3 Å². The van der Waals surface area contributed by atoms with E-state index in [2.05, 4.69) is 4.72 Å². The van der Waals surface area contributed by atoms with Crippen LogP contribution in [0.1, 0.15) is 12.8 Å². The van der Waals surface area contributed by atoms with Gasteiger partial charge in [0.05, 0.1) is 23.4 Å². The molecular weight excluding hydrogens is 468 g/mol. The average Bonchev–Trinajstić information content (AvgIpc) is 3.13. The number of nitrogens with one attached hydrogen (secondary N) is 1. The lowest BCUT2D eigenvalue weighted by molar-refractivity contribution is -0.121. The van der Waals surface area contributed by atoms with Gasteiger partial charge in [-0.15, -0.1) is 0 Å². The summed E-state index contributed by atoms with van der Waals surface area (Å²) in [4.78, 5) is 25.2. The number of methoxy groups -OCH3 is 1. The monoisotopic (exact) mass is 486 g/mol. The molecule has 0 aliphatic carbocycles. The van der Waals surface area contributed by atoms with E-state index in [1.807, 2.05) is 6.07 Å². The maximum atomic E-state index is 13.2. The molecule has 170 valence electrons. The Kier molecular flexibility index (Phi) is 6.26. The van der Waals surface area contributed by atoms with Gasteiger partial charge < -0.3 is 9.47 Å². The molecule has 1 heterocycles. The lowest BCUT2D eigenvalue weighted by atomic mass is 10.2. The van der Waals surface area contributed by atoms with Crippen LogP contribution in [-0.4, -0.2) is 27.3 Å². The zero-order valence-corrected chi connectivity index (χ0v) is 19.0. The molecule has 2 amide bonds. The quantitative estimate of drug-likeness (QED) is 0.490. The molecule has 4 rings (SSSR count). The van der Waals surface area contributed by atoms with Crippen LogP contribution in [-0.2, 0) is 19.6 Å². The minimum atomic E-state index is -4.15. The third-order valence-electron chi connectivity index (χ3n) is 4.91. The van der Waals surface area contributed by atoms with Crippen molar-refractivity contribution in [3.63, 3.8) is 0 Å². The largest absolute Gasteiger partial charge is 0.495 e. The summed E-state index contributed by atoms with van der Waals surface area (Å²) < 4.78 is 39.9. The predicted octanol–water partition coefficient (Wildman–Crippen LogP) is 4.60. The fraction of sp³-hybridized carbons (Fsp3) is 0.130. The van der Waals surface area contributed by atoms with E-state index in [4.69, 9.17) is 21.1 Å². The van der Waals surface area contributed by atoms with Gasteiger partial charge >= 0.3 is 0 Å². The van der Waals surface area contributed by atoms with Crippen LogP contribution in [0.25, 0.3) is 0 Å². The van der Waals surface area contributed by atoms with Crippen LogP contribution in [0.15, 0.2) is 71.6 Å². The SMILES string of the molecule is COc1ccc(S(=O)(=O)Nc2cc(Cl)ccc2Oc2ccccc2)cc1N1C(=O)CCC1=O. The van der Waals surface area contributed by atoms with Crippen molar-refractivity contribution in [3.05, 3.63) is 71.8 Å². The molecule has 0 saturated carbocycles. The smallest absolute Gasteiger partial charge is 0.262 e. The summed E-state index contributed by atoms with van der Waals surface area (Å²) in [5, 5.41) is 0.303. The van der Waals surface area contributed by atoms with E-state index in [0.717, 1.165) is 4.90 Å². The lowest BCUT2D eigenvalue weighted by Crippen LogP contribution is -2.29. The number of ether oxygens (including phenoxy) is 2. The van der Waals surface area contributed by atoms with E-state index in [1.54, 1.807) is 36.4 Å². The van der Waals surface area contributed by atoms with Crippen LogP contribution in [0.3, 0.4) is 0 Å². The van der Waals surface area contributed by atoms with Crippen molar-refractivity contribution in [1.29, 1.82) is 0 Å². The maximum Gasteiger partial charge on any atom is 0.262 e. The number of hydrogen-bond donors (Lipinski definition) is 1. The number of amides is 2. The standard InChI is InChI=1S/C23H19ClN2O6S/c1-31-21-10-8-17(14-19(21)26-22(27)11-12-23(26)28)33(29,30)25-18-13-15(24)7-9-20(18)32-16-5-3-2-4-6-16/h2-10,13-14,25H,11-12H2,1H3. The molecule has 0 radical (unpaired) electrons. The molecule has 1 aliphatic rings. The number of nitrogens with zero attached hydrogens (tertiary/aromatic N) is 1. The van der Waals surface area contributed by atoms with Gasteiger partial charge in [0.1, 0.15) is 11.5 Å². The Hall–Kier alpha value is -3.56. The highest BCUT2D eigenvalue weighted by Crippen LogP contribution is 2.37. The molecule has 1 aliphatic heterocycles. The zero-order chi connectivity index (χ0) is 23.6. The van der Waals surface area contributed by atoms with Gasteiger partial charge in [0.2, 0.25) is 11.8 Å². The average molecular weight is 487 g/mol. The fourth-order valence-corrected chi connectivity index (χ4v) is 4.60. The molecule has 0 atom stereocenters. The molecule has 0 aromatic heterocycles. The number of carbonyl (C=O) groups is 2. The van der Waals surface area contributed by atoms with Gasteiger partial charge in [-0.05, 0) is 48.5 Å². The Morgan fingerprint density at radius 3 is 2.24 bits per heavy atom. The highest BCUT2D eigenvalue weighted by molar-refractivity contribution is 7.92. The van der Waals surface area contributed by atoms with E-state index in [9.17, 15) is 18.0 Å². The maximum absolute atomic E-state index is 13.2. The van der Waals surface area contributed by atoms with Crippen LogP contribution in [0.5, 0.6) is 17.2 Å². The van der Waals surface area contributed by atoms with E-state index in [0.29, 0.717) is 10.8 Å². The molecule has 33 heavy (non-hydrogen) atoms. The number of benzene rings is 3. The molecule has 0 bridgehead atoms. The van der Waals surface area contributed by atoms with Crippen LogP contribution in [0, 0.1) is 0 Å². The first-order chi connectivity index (χ1) is 15.8. The molecule has 1 fully saturated rings. The number of carbonyl (C=O) groups excluding carboxylic acids is 2. The van der Waals surface area contributed by atoms with E-state index >= 15 is 0 Å². The molecule has 3 aromatic rings. The number of sulfonamides is 1. The summed E-state index contributed by atoms with van der Waals surface area (Å²) in [7, 11) is -2.78. The van der Waals surface area contributed by atoms with Gasteiger partial charge in [0, 0.05) is 17.9 Å². The number of rotatable bonds is 7. The van der Waals surface area contributed by atoms with E-state index in [-0.39, 0.29) is 40.6 Å². The van der Waals surface area contributed by atoms with Crippen LogP contribution < -0.4 is 19.1 Å². The van der Waals surface area contributed by atoms with Gasteiger partial charge in [-0.1, -0.05) is 29.8 Å². The predicted molar refractivity (Wildman–Crippen MR) is 123 cm³/mol. The van der Waals surface area contributed by atoms with Crippen LogP contribution in [0.4, 0.5) is 11.4 Å². The Morgan fingerprint density at radius 1 is 0.909 bits per heavy atom. The van der Waals surface area contributed by atoms with Crippen LogP contribution >= 0.6 is 11.6 Å². The highest BCUT2D eigenvalue weighted by Gasteiger charge is 2.33. The molecule has 0 spiro atoms. The number of para-hydroxylation sites is 1. The Balaban J connectivity index is 1.70. The third-order valence-corrected chi connectivity index (χ3v) is 6.51. The highest BCUT2D eigenvalue weighted by atomic mass is 35.5. The van der Waals surface area contributed by atoms with Crippen molar-refractivity contribution >= 4 is 44.8 Å². The van der Waals surface area contributed by atoms with Crippen molar-refractivity contribution < 1.29 is 27.5 Å². The zero-order valence-electron chi connectivity index (χ0n) is 17.4. The second kappa shape index (κ2) is 9.13. The summed E-state index contributed by atoms with van der Waals surface area (Å²) in [6.07, 6.45) is 0.111.